The molecular weight excluding hydrogens is 217 g/mol. The molecule has 4 rings (SSSR count). The molecule has 0 atom stereocenters. The maximum atomic E-state index is 2.32. The second-order valence-corrected chi connectivity index (χ2v) is 4.74. The number of hydrogen-bond donors (Lipinski definition) is 0. The summed E-state index contributed by atoms with van der Waals surface area (Å²) in [5.41, 5.74) is 2.59. The highest BCUT2D eigenvalue weighted by atomic mass is 15.1. The number of allylic oxidation sites excluding steroid dienone is 2. The van der Waals surface area contributed by atoms with E-state index in [-0.39, 0.29) is 0 Å². The van der Waals surface area contributed by atoms with Crippen molar-refractivity contribution in [2.45, 2.75) is 0 Å². The Morgan fingerprint density at radius 2 is 1.72 bits per heavy atom. The van der Waals surface area contributed by atoms with E-state index in [1.54, 1.807) is 0 Å². The van der Waals surface area contributed by atoms with Gasteiger partial charge in [-0.05, 0) is 40.7 Å². The van der Waals surface area contributed by atoms with Crippen LogP contribution < -0.4 is 4.81 Å². The summed E-state index contributed by atoms with van der Waals surface area (Å²) in [4.78, 5) is 2.32. The van der Waals surface area contributed by atoms with Gasteiger partial charge in [-0.2, -0.15) is 0 Å². The summed E-state index contributed by atoms with van der Waals surface area (Å²) in [5.74, 6) is 4.46. The topological polar surface area (TPSA) is 3.24 Å². The van der Waals surface area contributed by atoms with Crippen molar-refractivity contribution in [3.8, 4) is 0 Å². The predicted octanol–water partition coefficient (Wildman–Crippen LogP) is 3.83. The van der Waals surface area contributed by atoms with Crippen molar-refractivity contribution < 1.29 is 0 Å². The zero-order valence-corrected chi connectivity index (χ0v) is 9.95. The maximum absolute atomic E-state index is 2.32. The Hall–Kier alpha value is -2.22. The lowest BCUT2D eigenvalue weighted by atomic mass is 9.57. The Kier molecular flexibility index (Phi) is 1.98. The fourth-order valence-electron chi connectivity index (χ4n) is 2.72. The van der Waals surface area contributed by atoms with Gasteiger partial charge >= 0.3 is 6.85 Å². The third-order valence-electron chi connectivity index (χ3n) is 3.63. The molecule has 2 heteroatoms. The van der Waals surface area contributed by atoms with Crippen LogP contribution in [0, 0.1) is 0 Å². The first-order chi connectivity index (χ1) is 8.92. The molecule has 0 spiro atoms. The number of rotatable bonds is 0. The molecular formula is C16H12BN. The molecule has 0 aliphatic carbocycles. The molecule has 84 valence electrons. The van der Waals surface area contributed by atoms with Gasteiger partial charge in [-0.15, -0.1) is 0 Å². The predicted molar refractivity (Wildman–Crippen MR) is 79.5 cm³/mol. The molecule has 2 heterocycles. The summed E-state index contributed by atoms with van der Waals surface area (Å²) in [7, 11) is 0. The van der Waals surface area contributed by atoms with E-state index in [1.165, 1.54) is 22.0 Å². The van der Waals surface area contributed by atoms with Crippen LogP contribution in [0.5, 0.6) is 0 Å². The summed E-state index contributed by atoms with van der Waals surface area (Å²) in [5, 5.41) is 2.60. The highest BCUT2D eigenvalue weighted by Gasteiger charge is 2.23. The van der Waals surface area contributed by atoms with E-state index in [2.05, 4.69) is 77.6 Å². The minimum absolute atomic E-state index is 0.365. The van der Waals surface area contributed by atoms with Crippen molar-refractivity contribution in [1.29, 1.82) is 0 Å². The standard InChI is InChI=1S/C16H12BN/c1-2-6-14-12-16-15(11-13(14)5-1)7-9-17-8-3-4-10-18(16)17/h1-12H. The van der Waals surface area contributed by atoms with Gasteiger partial charge in [0, 0.05) is 5.69 Å². The first-order valence-electron chi connectivity index (χ1n) is 6.26. The monoisotopic (exact) mass is 229 g/mol. The second kappa shape index (κ2) is 3.64. The molecule has 0 N–H and O–H groups in total. The van der Waals surface area contributed by atoms with Gasteiger partial charge in [-0.25, -0.2) is 0 Å². The van der Waals surface area contributed by atoms with Crippen LogP contribution >= 0.6 is 0 Å². The smallest absolute Gasteiger partial charge is 0.312 e. The molecule has 0 bridgehead atoms. The van der Waals surface area contributed by atoms with E-state index in [0.717, 1.165) is 0 Å². The lowest BCUT2D eigenvalue weighted by Crippen LogP contribution is -2.35. The molecule has 2 aliphatic heterocycles. The summed E-state index contributed by atoms with van der Waals surface area (Å²) in [6.07, 6.45) is 8.58. The van der Waals surface area contributed by atoms with Crippen molar-refractivity contribution >= 4 is 29.4 Å². The van der Waals surface area contributed by atoms with Crippen LogP contribution in [-0.2, 0) is 0 Å². The van der Waals surface area contributed by atoms with Gasteiger partial charge < -0.3 is 4.81 Å². The molecule has 0 amide bonds. The molecule has 0 aromatic heterocycles. The highest BCUT2D eigenvalue weighted by Crippen LogP contribution is 2.33. The van der Waals surface area contributed by atoms with Crippen LogP contribution in [0.3, 0.4) is 0 Å². The van der Waals surface area contributed by atoms with Gasteiger partial charge in [0.2, 0.25) is 0 Å². The lowest BCUT2D eigenvalue weighted by molar-refractivity contribution is 1.37. The number of nitrogens with zero attached hydrogens (tertiary/aromatic N) is 1. The van der Waals surface area contributed by atoms with E-state index in [0.29, 0.717) is 6.85 Å². The minimum atomic E-state index is 0.365. The molecule has 18 heavy (non-hydrogen) atoms. The molecule has 2 aliphatic rings. The van der Waals surface area contributed by atoms with Crippen LogP contribution in [-0.4, -0.2) is 6.85 Å². The average Bonchev–Trinajstić information content (AvgIpc) is 2.45. The summed E-state index contributed by atoms with van der Waals surface area (Å²) in [6.45, 7) is 0.365. The zero-order chi connectivity index (χ0) is 11.9. The van der Waals surface area contributed by atoms with Crippen LogP contribution in [0.15, 0.2) is 66.7 Å². The fourth-order valence-corrected chi connectivity index (χ4v) is 2.72. The van der Waals surface area contributed by atoms with Crippen LogP contribution in [0.4, 0.5) is 5.69 Å². The summed E-state index contributed by atoms with van der Waals surface area (Å²) < 4.78 is 0. The third-order valence-corrected chi connectivity index (χ3v) is 3.63. The van der Waals surface area contributed by atoms with Gasteiger partial charge in [0.15, 0.2) is 0 Å². The van der Waals surface area contributed by atoms with E-state index >= 15 is 0 Å². The molecule has 0 fully saturated rings. The number of anilines is 1. The van der Waals surface area contributed by atoms with E-state index in [1.807, 2.05) is 0 Å². The Bertz CT molecular complexity index is 712. The van der Waals surface area contributed by atoms with Gasteiger partial charge in [0.05, 0.1) is 0 Å². The zero-order valence-electron chi connectivity index (χ0n) is 9.95. The van der Waals surface area contributed by atoms with Crippen molar-refractivity contribution in [3.63, 3.8) is 0 Å². The maximum Gasteiger partial charge on any atom is 0.312 e. The fraction of sp³-hybridized carbons (Fsp3) is 0. The molecule has 2 aromatic rings. The molecule has 0 saturated carbocycles. The SMILES string of the molecule is C1=CB2C=Cc3cc4ccccc4cc3N2C=C1. The van der Waals surface area contributed by atoms with Crippen LogP contribution in [0.2, 0.25) is 0 Å². The minimum Gasteiger partial charge on any atom is -0.383 e. The number of benzene rings is 2. The first kappa shape index (κ1) is 9.78. The van der Waals surface area contributed by atoms with Crippen LogP contribution in [0.1, 0.15) is 5.56 Å². The molecule has 0 unspecified atom stereocenters. The van der Waals surface area contributed by atoms with E-state index in [9.17, 15) is 0 Å². The largest absolute Gasteiger partial charge is 0.383 e. The Morgan fingerprint density at radius 3 is 2.61 bits per heavy atom. The average molecular weight is 229 g/mol. The van der Waals surface area contributed by atoms with Gasteiger partial charge in [0.25, 0.3) is 0 Å². The summed E-state index contributed by atoms with van der Waals surface area (Å²) in [6, 6.07) is 13.1. The van der Waals surface area contributed by atoms with Crippen LogP contribution in [0.25, 0.3) is 16.8 Å². The Labute approximate surface area is 107 Å². The Balaban J connectivity index is 1.98. The molecule has 0 saturated heterocycles. The van der Waals surface area contributed by atoms with Crippen molar-refractivity contribution in [2.24, 2.45) is 0 Å². The normalized spacial score (nSPS) is 16.0. The van der Waals surface area contributed by atoms with Gasteiger partial charge in [0.1, 0.15) is 0 Å². The van der Waals surface area contributed by atoms with Gasteiger partial charge in [-0.1, -0.05) is 48.4 Å². The highest BCUT2D eigenvalue weighted by molar-refractivity contribution is 6.75. The van der Waals surface area contributed by atoms with Crippen molar-refractivity contribution in [3.05, 3.63) is 72.3 Å². The second-order valence-electron chi connectivity index (χ2n) is 4.74. The van der Waals surface area contributed by atoms with Crippen molar-refractivity contribution in [1.82, 2.24) is 0 Å². The van der Waals surface area contributed by atoms with E-state index in [4.69, 9.17) is 0 Å². The lowest BCUT2D eigenvalue weighted by Gasteiger charge is -2.31. The van der Waals surface area contributed by atoms with Crippen molar-refractivity contribution in [2.75, 3.05) is 4.81 Å². The van der Waals surface area contributed by atoms with E-state index < -0.39 is 0 Å². The Morgan fingerprint density at radius 1 is 0.889 bits per heavy atom. The third kappa shape index (κ3) is 1.35. The summed E-state index contributed by atoms with van der Waals surface area (Å²) >= 11 is 0. The molecule has 0 radical (unpaired) electrons. The van der Waals surface area contributed by atoms with Gasteiger partial charge in [-0.3, -0.25) is 0 Å². The first-order valence-corrected chi connectivity index (χ1v) is 6.26. The number of fused-ring (bicyclic) bond motifs is 4. The quantitative estimate of drug-likeness (QED) is 0.620. The molecule has 2 aromatic carbocycles. The number of hydrogen-bond acceptors (Lipinski definition) is 1. The molecule has 1 nitrogen and oxygen atoms in total.